The maximum absolute atomic E-state index is 5.69. The highest BCUT2D eigenvalue weighted by Crippen LogP contribution is 2.16. The first-order chi connectivity index (χ1) is 9.24. The average Bonchev–Trinajstić information content (AvgIpc) is 2.87. The number of nitrogens with one attached hydrogen (secondary N) is 1. The zero-order valence-electron chi connectivity index (χ0n) is 12.0. The summed E-state index contributed by atoms with van der Waals surface area (Å²) in [6, 6.07) is 8.30. The maximum atomic E-state index is 5.69. The highest BCUT2D eigenvalue weighted by molar-refractivity contribution is 5.28. The molecule has 3 nitrogen and oxygen atoms in total. The van der Waals surface area contributed by atoms with Gasteiger partial charge in [-0.2, -0.15) is 0 Å². The molecule has 1 aromatic rings. The van der Waals surface area contributed by atoms with Gasteiger partial charge in [0, 0.05) is 13.2 Å². The summed E-state index contributed by atoms with van der Waals surface area (Å²) >= 11 is 0. The van der Waals surface area contributed by atoms with E-state index in [2.05, 4.69) is 23.5 Å². The monoisotopic (exact) mass is 263 g/mol. The predicted molar refractivity (Wildman–Crippen MR) is 77.5 cm³/mol. The Morgan fingerprint density at radius 3 is 3.05 bits per heavy atom. The molecular weight excluding hydrogens is 238 g/mol. The Bertz CT molecular complexity index is 373. The van der Waals surface area contributed by atoms with Crippen molar-refractivity contribution < 1.29 is 9.47 Å². The van der Waals surface area contributed by atoms with E-state index in [9.17, 15) is 0 Å². The lowest BCUT2D eigenvalue weighted by atomic mass is 10.1. The number of hydrogen-bond acceptors (Lipinski definition) is 3. The molecule has 1 unspecified atom stereocenters. The van der Waals surface area contributed by atoms with Crippen LogP contribution in [0.3, 0.4) is 0 Å². The third-order valence-corrected chi connectivity index (χ3v) is 3.27. The molecule has 0 spiro atoms. The molecule has 3 heteroatoms. The van der Waals surface area contributed by atoms with E-state index in [0.29, 0.717) is 6.10 Å². The maximum Gasteiger partial charge on any atom is 0.120 e. The van der Waals surface area contributed by atoms with Crippen LogP contribution in [0.4, 0.5) is 0 Å². The van der Waals surface area contributed by atoms with Gasteiger partial charge in [-0.3, -0.25) is 0 Å². The summed E-state index contributed by atoms with van der Waals surface area (Å²) in [4.78, 5) is 0. The van der Waals surface area contributed by atoms with Gasteiger partial charge in [-0.05, 0) is 57.4 Å². The standard InChI is InChI=1S/C16H25NO2/c1-13(2)19-16-6-3-5-14(11-16)12-17-9-8-15-7-4-10-18-15/h3,5-6,11,13,15,17H,4,7-10,12H2,1-2H3. The van der Waals surface area contributed by atoms with Crippen LogP contribution in [0.5, 0.6) is 5.75 Å². The molecule has 1 fully saturated rings. The molecule has 1 aromatic carbocycles. The van der Waals surface area contributed by atoms with Crippen molar-refractivity contribution in [2.24, 2.45) is 0 Å². The first-order valence-electron chi connectivity index (χ1n) is 7.32. The SMILES string of the molecule is CC(C)Oc1cccc(CNCCC2CCCO2)c1. The third kappa shape index (κ3) is 5.21. The van der Waals surface area contributed by atoms with E-state index in [-0.39, 0.29) is 6.10 Å². The van der Waals surface area contributed by atoms with Crippen LogP contribution in [-0.4, -0.2) is 25.4 Å². The van der Waals surface area contributed by atoms with E-state index in [0.717, 1.165) is 31.9 Å². The summed E-state index contributed by atoms with van der Waals surface area (Å²) in [6.45, 7) is 6.94. The van der Waals surface area contributed by atoms with Gasteiger partial charge in [-0.15, -0.1) is 0 Å². The minimum absolute atomic E-state index is 0.225. The molecule has 0 aliphatic carbocycles. The van der Waals surface area contributed by atoms with Crippen molar-refractivity contribution in [3.05, 3.63) is 29.8 Å². The summed E-state index contributed by atoms with van der Waals surface area (Å²) in [7, 11) is 0. The van der Waals surface area contributed by atoms with Crippen LogP contribution < -0.4 is 10.1 Å². The van der Waals surface area contributed by atoms with Crippen molar-refractivity contribution in [2.75, 3.05) is 13.2 Å². The summed E-state index contributed by atoms with van der Waals surface area (Å²) in [6.07, 6.45) is 4.26. The molecule has 1 atom stereocenters. The van der Waals surface area contributed by atoms with Crippen molar-refractivity contribution in [1.29, 1.82) is 0 Å². The van der Waals surface area contributed by atoms with E-state index in [1.807, 2.05) is 19.9 Å². The molecule has 1 aliphatic heterocycles. The zero-order chi connectivity index (χ0) is 13.5. The lowest BCUT2D eigenvalue weighted by Crippen LogP contribution is -2.19. The molecular formula is C16H25NO2. The molecule has 0 bridgehead atoms. The number of hydrogen-bond donors (Lipinski definition) is 1. The molecule has 0 radical (unpaired) electrons. The van der Waals surface area contributed by atoms with Gasteiger partial charge in [0.15, 0.2) is 0 Å². The lowest BCUT2D eigenvalue weighted by molar-refractivity contribution is 0.104. The molecule has 0 saturated carbocycles. The second-order valence-electron chi connectivity index (χ2n) is 5.41. The number of benzene rings is 1. The fourth-order valence-electron chi connectivity index (χ4n) is 2.37. The van der Waals surface area contributed by atoms with Crippen LogP contribution >= 0.6 is 0 Å². The molecule has 106 valence electrons. The summed E-state index contributed by atoms with van der Waals surface area (Å²) < 4.78 is 11.3. The van der Waals surface area contributed by atoms with Gasteiger partial charge in [0.05, 0.1) is 12.2 Å². The topological polar surface area (TPSA) is 30.5 Å². The van der Waals surface area contributed by atoms with Gasteiger partial charge in [0.2, 0.25) is 0 Å². The summed E-state index contributed by atoms with van der Waals surface area (Å²) in [5.41, 5.74) is 1.27. The average molecular weight is 263 g/mol. The third-order valence-electron chi connectivity index (χ3n) is 3.27. The highest BCUT2D eigenvalue weighted by Gasteiger charge is 2.14. The zero-order valence-corrected chi connectivity index (χ0v) is 12.0. The Morgan fingerprint density at radius 1 is 1.42 bits per heavy atom. The number of ether oxygens (including phenoxy) is 2. The summed E-state index contributed by atoms with van der Waals surface area (Å²) in [5, 5.41) is 3.47. The quantitative estimate of drug-likeness (QED) is 0.767. The first kappa shape index (κ1) is 14.4. The van der Waals surface area contributed by atoms with Crippen LogP contribution in [0.1, 0.15) is 38.7 Å². The van der Waals surface area contributed by atoms with E-state index < -0.39 is 0 Å². The van der Waals surface area contributed by atoms with Crippen LogP contribution in [0, 0.1) is 0 Å². The Labute approximate surface area is 116 Å². The minimum Gasteiger partial charge on any atom is -0.491 e. The van der Waals surface area contributed by atoms with Gasteiger partial charge >= 0.3 is 0 Å². The van der Waals surface area contributed by atoms with Crippen molar-refractivity contribution in [2.45, 2.75) is 51.9 Å². The normalized spacial score (nSPS) is 19.0. The Morgan fingerprint density at radius 2 is 2.32 bits per heavy atom. The Hall–Kier alpha value is -1.06. The molecule has 1 N–H and O–H groups in total. The first-order valence-corrected chi connectivity index (χ1v) is 7.32. The Balaban J connectivity index is 1.69. The van der Waals surface area contributed by atoms with E-state index in [1.165, 1.54) is 18.4 Å². The smallest absolute Gasteiger partial charge is 0.120 e. The van der Waals surface area contributed by atoms with Gasteiger partial charge in [0.1, 0.15) is 5.75 Å². The van der Waals surface area contributed by atoms with E-state index in [4.69, 9.17) is 9.47 Å². The van der Waals surface area contributed by atoms with Crippen LogP contribution in [0.2, 0.25) is 0 Å². The van der Waals surface area contributed by atoms with Crippen molar-refractivity contribution in [3.8, 4) is 5.75 Å². The molecule has 19 heavy (non-hydrogen) atoms. The molecule has 0 aromatic heterocycles. The van der Waals surface area contributed by atoms with Crippen molar-refractivity contribution in [1.82, 2.24) is 5.32 Å². The molecule has 1 heterocycles. The Kier molecular flexibility index (Phi) is 5.67. The van der Waals surface area contributed by atoms with Crippen molar-refractivity contribution >= 4 is 0 Å². The highest BCUT2D eigenvalue weighted by atomic mass is 16.5. The summed E-state index contributed by atoms with van der Waals surface area (Å²) in [5.74, 6) is 0.952. The molecule has 2 rings (SSSR count). The molecule has 1 saturated heterocycles. The van der Waals surface area contributed by atoms with Crippen molar-refractivity contribution in [3.63, 3.8) is 0 Å². The lowest BCUT2D eigenvalue weighted by Gasteiger charge is -2.12. The van der Waals surface area contributed by atoms with Crippen LogP contribution in [-0.2, 0) is 11.3 Å². The minimum atomic E-state index is 0.225. The van der Waals surface area contributed by atoms with Crippen LogP contribution in [0.15, 0.2) is 24.3 Å². The molecule has 1 aliphatic rings. The van der Waals surface area contributed by atoms with Gasteiger partial charge in [-0.1, -0.05) is 12.1 Å². The van der Waals surface area contributed by atoms with E-state index in [1.54, 1.807) is 0 Å². The predicted octanol–water partition coefficient (Wildman–Crippen LogP) is 3.13. The fourth-order valence-corrected chi connectivity index (χ4v) is 2.37. The second-order valence-corrected chi connectivity index (χ2v) is 5.41. The molecule has 0 amide bonds. The van der Waals surface area contributed by atoms with Gasteiger partial charge in [-0.25, -0.2) is 0 Å². The second kappa shape index (κ2) is 7.51. The van der Waals surface area contributed by atoms with Gasteiger partial charge < -0.3 is 14.8 Å². The van der Waals surface area contributed by atoms with Gasteiger partial charge in [0.25, 0.3) is 0 Å². The largest absolute Gasteiger partial charge is 0.491 e. The fraction of sp³-hybridized carbons (Fsp3) is 0.625. The van der Waals surface area contributed by atoms with Crippen LogP contribution in [0.25, 0.3) is 0 Å². The van der Waals surface area contributed by atoms with E-state index >= 15 is 0 Å². The number of rotatable bonds is 7.